The van der Waals surface area contributed by atoms with Gasteiger partial charge in [0.2, 0.25) is 0 Å². The summed E-state index contributed by atoms with van der Waals surface area (Å²) in [6.45, 7) is 13.7. The van der Waals surface area contributed by atoms with Gasteiger partial charge in [-0.05, 0) is 37.0 Å². The standard InChI is InChI=1S/C55H106O6/c1-49(2)41-35-29-23-17-12-10-8-7-9-11-13-20-26-32-38-44-53(56)59-47-52(48-60-54(57)45-39-33-27-22-16-19-25-31-37-43-51(5)6)61-55(58)46-40-34-28-21-15-14-18-24-30-36-42-50(3)4/h49-52H,7-48H2,1-6H3/t52-/m1/s1. The maximum Gasteiger partial charge on any atom is 0.306 e. The highest BCUT2D eigenvalue weighted by atomic mass is 16.6. The molecule has 0 spiro atoms. The Kier molecular flexibility index (Phi) is 45.2. The molecule has 0 rings (SSSR count). The highest BCUT2D eigenvalue weighted by molar-refractivity contribution is 5.71. The van der Waals surface area contributed by atoms with E-state index in [-0.39, 0.29) is 31.1 Å². The Morgan fingerprint density at radius 1 is 0.279 bits per heavy atom. The molecule has 1 atom stereocenters. The lowest BCUT2D eigenvalue weighted by Gasteiger charge is -2.18. The van der Waals surface area contributed by atoms with Gasteiger partial charge in [0.1, 0.15) is 13.2 Å². The lowest BCUT2D eigenvalue weighted by Crippen LogP contribution is -2.30. The number of hydrogen-bond acceptors (Lipinski definition) is 6. The van der Waals surface area contributed by atoms with Gasteiger partial charge >= 0.3 is 17.9 Å². The Morgan fingerprint density at radius 3 is 0.705 bits per heavy atom. The van der Waals surface area contributed by atoms with Gasteiger partial charge in [0.25, 0.3) is 0 Å². The van der Waals surface area contributed by atoms with Gasteiger partial charge in [-0.25, -0.2) is 0 Å². The van der Waals surface area contributed by atoms with Crippen LogP contribution in [0.4, 0.5) is 0 Å². The van der Waals surface area contributed by atoms with Crippen LogP contribution in [-0.2, 0) is 28.6 Å². The minimum atomic E-state index is -0.763. The quantitative estimate of drug-likeness (QED) is 0.0344. The number of unbranched alkanes of at least 4 members (excludes halogenated alkanes) is 31. The van der Waals surface area contributed by atoms with E-state index in [9.17, 15) is 14.4 Å². The second-order valence-electron chi connectivity index (χ2n) is 20.3. The summed E-state index contributed by atoms with van der Waals surface area (Å²) in [6, 6.07) is 0. The molecule has 6 heteroatoms. The van der Waals surface area contributed by atoms with Gasteiger partial charge in [0.15, 0.2) is 6.10 Å². The fraction of sp³-hybridized carbons (Fsp3) is 0.945. The molecule has 0 bridgehead atoms. The molecule has 0 aromatic rings. The molecular weight excluding hydrogens is 757 g/mol. The summed E-state index contributed by atoms with van der Waals surface area (Å²) in [5, 5.41) is 0. The van der Waals surface area contributed by atoms with Gasteiger partial charge in [-0.1, -0.05) is 260 Å². The molecule has 6 nitrogen and oxygen atoms in total. The van der Waals surface area contributed by atoms with Crippen LogP contribution in [0, 0.1) is 17.8 Å². The molecule has 362 valence electrons. The first-order valence-electron chi connectivity index (χ1n) is 27.1. The monoisotopic (exact) mass is 863 g/mol. The van der Waals surface area contributed by atoms with Crippen LogP contribution in [0.5, 0.6) is 0 Å². The first-order valence-corrected chi connectivity index (χ1v) is 27.1. The average molecular weight is 863 g/mol. The highest BCUT2D eigenvalue weighted by Crippen LogP contribution is 2.18. The van der Waals surface area contributed by atoms with Crippen LogP contribution in [0.2, 0.25) is 0 Å². The third kappa shape index (κ3) is 49.3. The zero-order valence-corrected chi connectivity index (χ0v) is 42.0. The van der Waals surface area contributed by atoms with Crippen molar-refractivity contribution in [2.45, 2.75) is 304 Å². The van der Waals surface area contributed by atoms with Crippen molar-refractivity contribution in [1.29, 1.82) is 0 Å². The summed E-state index contributed by atoms with van der Waals surface area (Å²) in [5.74, 6) is 1.62. The van der Waals surface area contributed by atoms with E-state index < -0.39 is 6.10 Å². The molecule has 0 heterocycles. The molecule has 0 unspecified atom stereocenters. The van der Waals surface area contributed by atoms with Crippen LogP contribution in [-0.4, -0.2) is 37.2 Å². The highest BCUT2D eigenvalue weighted by Gasteiger charge is 2.19. The Balaban J connectivity index is 4.28. The molecule has 0 saturated carbocycles. The molecule has 0 radical (unpaired) electrons. The number of esters is 3. The van der Waals surface area contributed by atoms with E-state index in [2.05, 4.69) is 41.5 Å². The van der Waals surface area contributed by atoms with Gasteiger partial charge in [0, 0.05) is 19.3 Å². The second-order valence-corrected chi connectivity index (χ2v) is 20.3. The van der Waals surface area contributed by atoms with Gasteiger partial charge in [0.05, 0.1) is 0 Å². The first kappa shape index (κ1) is 59.4. The van der Waals surface area contributed by atoms with Crippen LogP contribution in [0.1, 0.15) is 298 Å². The Morgan fingerprint density at radius 2 is 0.475 bits per heavy atom. The molecular formula is C55H106O6. The van der Waals surface area contributed by atoms with E-state index in [0.29, 0.717) is 19.3 Å². The predicted octanol–water partition coefficient (Wildman–Crippen LogP) is 17.6. The molecule has 0 N–H and O–H groups in total. The van der Waals surface area contributed by atoms with Crippen molar-refractivity contribution in [1.82, 2.24) is 0 Å². The van der Waals surface area contributed by atoms with Gasteiger partial charge in [-0.15, -0.1) is 0 Å². The predicted molar refractivity (Wildman–Crippen MR) is 261 cm³/mol. The minimum Gasteiger partial charge on any atom is -0.462 e. The lowest BCUT2D eigenvalue weighted by atomic mass is 10.0. The van der Waals surface area contributed by atoms with E-state index in [1.165, 1.54) is 180 Å². The summed E-state index contributed by atoms with van der Waals surface area (Å²) in [5.41, 5.74) is 0. The maximum atomic E-state index is 12.8. The summed E-state index contributed by atoms with van der Waals surface area (Å²) >= 11 is 0. The summed E-state index contributed by atoms with van der Waals surface area (Å²) in [7, 11) is 0. The largest absolute Gasteiger partial charge is 0.462 e. The van der Waals surface area contributed by atoms with Crippen LogP contribution in [0.3, 0.4) is 0 Å². The molecule has 0 aromatic heterocycles. The Bertz CT molecular complexity index is 945. The van der Waals surface area contributed by atoms with Gasteiger partial charge in [-0.2, -0.15) is 0 Å². The van der Waals surface area contributed by atoms with E-state index in [1.807, 2.05) is 0 Å². The number of carbonyl (C=O) groups excluding carboxylic acids is 3. The van der Waals surface area contributed by atoms with Crippen LogP contribution >= 0.6 is 0 Å². The normalized spacial score (nSPS) is 12.1. The number of ether oxygens (including phenoxy) is 3. The van der Waals surface area contributed by atoms with Crippen LogP contribution < -0.4 is 0 Å². The van der Waals surface area contributed by atoms with Crippen LogP contribution in [0.15, 0.2) is 0 Å². The topological polar surface area (TPSA) is 78.9 Å². The summed E-state index contributed by atoms with van der Waals surface area (Å²) in [4.78, 5) is 38.0. The Labute approximate surface area is 380 Å². The van der Waals surface area contributed by atoms with Crippen molar-refractivity contribution < 1.29 is 28.6 Å². The molecule has 0 aliphatic carbocycles. The van der Waals surface area contributed by atoms with E-state index in [1.54, 1.807) is 0 Å². The molecule has 0 aliphatic heterocycles. The minimum absolute atomic E-state index is 0.0644. The number of carbonyl (C=O) groups is 3. The van der Waals surface area contributed by atoms with Crippen molar-refractivity contribution in [3.63, 3.8) is 0 Å². The number of rotatable bonds is 48. The van der Waals surface area contributed by atoms with Crippen molar-refractivity contribution in [3.8, 4) is 0 Å². The number of hydrogen-bond donors (Lipinski definition) is 0. The Hall–Kier alpha value is -1.59. The molecule has 0 fully saturated rings. The fourth-order valence-electron chi connectivity index (χ4n) is 8.29. The smallest absolute Gasteiger partial charge is 0.306 e. The van der Waals surface area contributed by atoms with E-state index >= 15 is 0 Å². The van der Waals surface area contributed by atoms with Gasteiger partial charge in [-0.3, -0.25) is 14.4 Å². The zero-order valence-electron chi connectivity index (χ0n) is 42.0. The van der Waals surface area contributed by atoms with Crippen molar-refractivity contribution in [2.24, 2.45) is 17.8 Å². The summed E-state index contributed by atoms with van der Waals surface area (Å²) < 4.78 is 16.8. The van der Waals surface area contributed by atoms with E-state index in [0.717, 1.165) is 75.5 Å². The maximum absolute atomic E-state index is 12.8. The third-order valence-corrected chi connectivity index (χ3v) is 12.4. The SMILES string of the molecule is CC(C)CCCCCCCCCCCCCCCCCC(=O)OC[C@H](COC(=O)CCCCCCCCCCCC(C)C)OC(=O)CCCCCCCCCCCCC(C)C. The molecule has 61 heavy (non-hydrogen) atoms. The molecule has 0 amide bonds. The van der Waals surface area contributed by atoms with Crippen molar-refractivity contribution in [2.75, 3.05) is 13.2 Å². The molecule has 0 saturated heterocycles. The molecule has 0 aromatic carbocycles. The average Bonchev–Trinajstić information content (AvgIpc) is 3.22. The van der Waals surface area contributed by atoms with E-state index in [4.69, 9.17) is 14.2 Å². The first-order chi connectivity index (χ1) is 29.6. The second kappa shape index (κ2) is 46.4. The third-order valence-electron chi connectivity index (χ3n) is 12.4. The van der Waals surface area contributed by atoms with Gasteiger partial charge < -0.3 is 14.2 Å². The van der Waals surface area contributed by atoms with Crippen LogP contribution in [0.25, 0.3) is 0 Å². The van der Waals surface area contributed by atoms with Crippen molar-refractivity contribution >= 4 is 17.9 Å². The van der Waals surface area contributed by atoms with Crippen molar-refractivity contribution in [3.05, 3.63) is 0 Å². The lowest BCUT2D eigenvalue weighted by molar-refractivity contribution is -0.167. The summed E-state index contributed by atoms with van der Waals surface area (Å²) in [6.07, 6.45) is 46.7. The molecule has 0 aliphatic rings. The fourth-order valence-corrected chi connectivity index (χ4v) is 8.29. The zero-order chi connectivity index (χ0) is 44.9.